The van der Waals surface area contributed by atoms with Gasteiger partial charge in [-0.3, -0.25) is 9.10 Å². The highest BCUT2D eigenvalue weighted by molar-refractivity contribution is 7.78. The number of hydrogen-bond acceptors (Lipinski definition) is 6. The minimum atomic E-state index is -0.306. The Labute approximate surface area is 173 Å². The lowest BCUT2D eigenvalue weighted by Gasteiger charge is -2.31. The third kappa shape index (κ3) is 6.41. The molecule has 1 heterocycles. The average molecular weight is 405 g/mol. The van der Waals surface area contributed by atoms with Crippen molar-refractivity contribution in [2.75, 3.05) is 13.2 Å². The summed E-state index contributed by atoms with van der Waals surface area (Å²) >= 11 is 4.39. The van der Waals surface area contributed by atoms with Gasteiger partial charge in [0.15, 0.2) is 0 Å². The molecule has 6 nitrogen and oxygen atoms in total. The molecule has 0 saturated heterocycles. The summed E-state index contributed by atoms with van der Waals surface area (Å²) in [5.74, 6) is 1.09. The van der Waals surface area contributed by atoms with E-state index >= 15 is 0 Å². The molecule has 0 bridgehead atoms. The van der Waals surface area contributed by atoms with Gasteiger partial charge < -0.3 is 21.1 Å². The lowest BCUT2D eigenvalue weighted by atomic mass is 10.1. The van der Waals surface area contributed by atoms with Crippen LogP contribution in [0, 0.1) is 0 Å². The molecule has 1 amide bonds. The van der Waals surface area contributed by atoms with E-state index in [1.54, 1.807) is 4.31 Å². The van der Waals surface area contributed by atoms with Crippen LogP contribution in [-0.2, 0) is 11.2 Å². The number of nitrogens with zero attached hydrogens (tertiary/aromatic N) is 1. The number of nitrogens with two attached hydrogens (primary N) is 1. The number of allylic oxidation sites excluding steroid dienone is 1. The SMILES string of the molecule is CCCCCOc1ccc(CCNC(=O)/C(N)=C2\NC(C)C=C(C)N2S)cc1. The molecule has 1 aliphatic rings. The third-order valence-electron chi connectivity index (χ3n) is 4.54. The van der Waals surface area contributed by atoms with Gasteiger partial charge in [-0.25, -0.2) is 0 Å². The molecule has 0 aliphatic carbocycles. The van der Waals surface area contributed by atoms with Crippen LogP contribution in [0.15, 0.2) is 47.6 Å². The molecule has 1 aromatic rings. The zero-order valence-corrected chi connectivity index (χ0v) is 17.9. The fourth-order valence-electron chi connectivity index (χ4n) is 2.94. The highest BCUT2D eigenvalue weighted by Gasteiger charge is 2.22. The van der Waals surface area contributed by atoms with Crippen molar-refractivity contribution in [3.63, 3.8) is 0 Å². The van der Waals surface area contributed by atoms with E-state index in [2.05, 4.69) is 30.4 Å². The first-order chi connectivity index (χ1) is 13.4. The van der Waals surface area contributed by atoms with E-state index in [1.807, 2.05) is 44.2 Å². The van der Waals surface area contributed by atoms with Gasteiger partial charge in [0, 0.05) is 18.3 Å². The van der Waals surface area contributed by atoms with Crippen molar-refractivity contribution in [1.29, 1.82) is 0 Å². The van der Waals surface area contributed by atoms with Crippen LogP contribution in [0.3, 0.4) is 0 Å². The molecule has 1 unspecified atom stereocenters. The molecule has 7 heteroatoms. The highest BCUT2D eigenvalue weighted by atomic mass is 32.1. The standard InChI is InChI=1S/C21H32N4O2S/c1-4-5-6-13-27-18-9-7-17(8-10-18)11-12-23-21(26)19(22)20-24-15(2)14-16(3)25(20)28/h7-10,14-15,24,28H,4-6,11-13,22H2,1-3H3,(H,23,26)/b20-19-. The zero-order valence-electron chi connectivity index (χ0n) is 17.0. The maximum absolute atomic E-state index is 12.4. The zero-order chi connectivity index (χ0) is 20.5. The number of nitrogens with one attached hydrogen (secondary N) is 2. The van der Waals surface area contributed by atoms with Gasteiger partial charge in [-0.2, -0.15) is 0 Å². The molecule has 0 fully saturated rings. The lowest BCUT2D eigenvalue weighted by Crippen LogP contribution is -2.41. The predicted octanol–water partition coefficient (Wildman–Crippen LogP) is 3.08. The van der Waals surface area contributed by atoms with Gasteiger partial charge in [0.25, 0.3) is 5.91 Å². The Balaban J connectivity index is 1.82. The van der Waals surface area contributed by atoms with Gasteiger partial charge in [0.2, 0.25) is 0 Å². The van der Waals surface area contributed by atoms with Crippen molar-refractivity contribution in [2.45, 2.75) is 52.5 Å². The smallest absolute Gasteiger partial charge is 0.270 e. The van der Waals surface area contributed by atoms with Crippen molar-refractivity contribution in [3.8, 4) is 5.75 Å². The summed E-state index contributed by atoms with van der Waals surface area (Å²) < 4.78 is 7.31. The van der Waals surface area contributed by atoms with Gasteiger partial charge in [-0.15, -0.1) is 0 Å². The summed E-state index contributed by atoms with van der Waals surface area (Å²) in [6.45, 7) is 7.34. The first kappa shape index (κ1) is 22.0. The van der Waals surface area contributed by atoms with E-state index in [9.17, 15) is 4.79 Å². The molecule has 154 valence electrons. The number of benzene rings is 1. The molecule has 4 N–H and O–H groups in total. The van der Waals surface area contributed by atoms with Crippen LogP contribution in [-0.4, -0.2) is 29.4 Å². The van der Waals surface area contributed by atoms with Crippen LogP contribution in [0.5, 0.6) is 5.75 Å². The number of rotatable bonds is 9. The average Bonchev–Trinajstić information content (AvgIpc) is 2.68. The largest absolute Gasteiger partial charge is 0.494 e. The Morgan fingerprint density at radius 3 is 2.71 bits per heavy atom. The Kier molecular flexibility index (Phi) is 8.57. The van der Waals surface area contributed by atoms with Crippen LogP contribution < -0.4 is 21.1 Å². The van der Waals surface area contributed by atoms with Gasteiger partial charge >= 0.3 is 0 Å². The normalized spacial score (nSPS) is 18.2. The number of thiol groups is 1. The Hall–Kier alpha value is -2.28. The summed E-state index contributed by atoms with van der Waals surface area (Å²) in [5.41, 5.74) is 8.23. The molecule has 1 aromatic carbocycles. The maximum atomic E-state index is 12.4. The molecule has 2 rings (SSSR count). The van der Waals surface area contributed by atoms with Gasteiger partial charge in [-0.1, -0.05) is 44.7 Å². The molecule has 0 spiro atoms. The Morgan fingerprint density at radius 1 is 1.32 bits per heavy atom. The number of unbranched alkanes of at least 4 members (excludes halogenated alkanes) is 2. The number of carbonyl (C=O) groups is 1. The summed E-state index contributed by atoms with van der Waals surface area (Å²) in [6, 6.07) is 8.09. The molecule has 0 saturated carbocycles. The van der Waals surface area contributed by atoms with Crippen LogP contribution in [0.2, 0.25) is 0 Å². The van der Waals surface area contributed by atoms with E-state index in [-0.39, 0.29) is 17.6 Å². The van der Waals surface area contributed by atoms with E-state index in [4.69, 9.17) is 10.5 Å². The second kappa shape index (κ2) is 10.9. The quantitative estimate of drug-likeness (QED) is 0.289. The summed E-state index contributed by atoms with van der Waals surface area (Å²) in [5, 5.41) is 6.04. The molecule has 1 aliphatic heterocycles. The molecule has 1 atom stereocenters. The van der Waals surface area contributed by atoms with E-state index in [0.29, 0.717) is 12.4 Å². The van der Waals surface area contributed by atoms with E-state index in [1.165, 1.54) is 12.8 Å². The van der Waals surface area contributed by atoms with Crippen LogP contribution >= 0.6 is 12.8 Å². The van der Waals surface area contributed by atoms with Crippen molar-refractivity contribution in [3.05, 3.63) is 53.1 Å². The molecular weight excluding hydrogens is 372 g/mol. The summed E-state index contributed by atoms with van der Waals surface area (Å²) in [6.07, 6.45) is 6.18. The fourth-order valence-corrected chi connectivity index (χ4v) is 3.17. The minimum absolute atomic E-state index is 0.0902. The van der Waals surface area contributed by atoms with E-state index < -0.39 is 0 Å². The number of hydrogen-bond donors (Lipinski definition) is 4. The van der Waals surface area contributed by atoms with Crippen molar-refractivity contribution < 1.29 is 9.53 Å². The van der Waals surface area contributed by atoms with Crippen molar-refractivity contribution in [1.82, 2.24) is 14.9 Å². The lowest BCUT2D eigenvalue weighted by molar-refractivity contribution is -0.117. The molecule has 28 heavy (non-hydrogen) atoms. The Bertz CT molecular complexity index is 716. The first-order valence-corrected chi connectivity index (χ1v) is 10.3. The van der Waals surface area contributed by atoms with Gasteiger partial charge in [0.05, 0.1) is 6.61 Å². The molecule has 0 aromatic heterocycles. The second-order valence-corrected chi connectivity index (χ2v) is 7.42. The fraction of sp³-hybridized carbons (Fsp3) is 0.476. The highest BCUT2D eigenvalue weighted by Crippen LogP contribution is 2.21. The number of ether oxygens (including phenoxy) is 1. The molecular formula is C21H32N4O2S. The van der Waals surface area contributed by atoms with Crippen molar-refractivity contribution >= 4 is 18.7 Å². The van der Waals surface area contributed by atoms with Gasteiger partial charge in [0.1, 0.15) is 17.3 Å². The number of carbonyl (C=O) groups excluding carboxylic acids is 1. The van der Waals surface area contributed by atoms with Gasteiger partial charge in [-0.05, 0) is 50.5 Å². The second-order valence-electron chi connectivity index (χ2n) is 7.02. The minimum Gasteiger partial charge on any atom is -0.494 e. The maximum Gasteiger partial charge on any atom is 0.270 e. The van der Waals surface area contributed by atoms with Crippen LogP contribution in [0.4, 0.5) is 0 Å². The third-order valence-corrected chi connectivity index (χ3v) is 5.06. The van der Waals surface area contributed by atoms with Crippen LogP contribution in [0.25, 0.3) is 0 Å². The topological polar surface area (TPSA) is 79.6 Å². The summed E-state index contributed by atoms with van der Waals surface area (Å²) in [4.78, 5) is 12.4. The number of amides is 1. The predicted molar refractivity (Wildman–Crippen MR) is 117 cm³/mol. The first-order valence-electron chi connectivity index (χ1n) is 9.86. The van der Waals surface area contributed by atoms with Crippen molar-refractivity contribution in [2.24, 2.45) is 5.73 Å². The summed E-state index contributed by atoms with van der Waals surface area (Å²) in [7, 11) is 0. The van der Waals surface area contributed by atoms with E-state index in [0.717, 1.165) is 36.5 Å². The molecule has 0 radical (unpaired) electrons. The monoisotopic (exact) mass is 404 g/mol. The van der Waals surface area contributed by atoms with Crippen LogP contribution in [0.1, 0.15) is 45.6 Å². The Morgan fingerprint density at radius 2 is 2.04 bits per heavy atom.